The fourth-order valence-corrected chi connectivity index (χ4v) is 3.50. The second-order valence-electron chi connectivity index (χ2n) is 7.76. The highest BCUT2D eigenvalue weighted by molar-refractivity contribution is 5.77. The van der Waals surface area contributed by atoms with Crippen LogP contribution < -0.4 is 5.73 Å². The van der Waals surface area contributed by atoms with Crippen LogP contribution in [0.3, 0.4) is 0 Å². The normalized spacial score (nSPS) is 29.9. The maximum Gasteiger partial charge on any atom is 0.224 e. The Balaban J connectivity index is 1.90. The predicted octanol–water partition coefficient (Wildman–Crippen LogP) is 1.69. The largest absolute Gasteiger partial charge is 0.342 e. The van der Waals surface area contributed by atoms with E-state index in [0.717, 1.165) is 19.5 Å². The number of amides is 1. The molecule has 4 nitrogen and oxygen atoms in total. The van der Waals surface area contributed by atoms with Crippen molar-refractivity contribution in [2.45, 2.75) is 58.5 Å². The molecule has 0 aromatic carbocycles. The first-order chi connectivity index (χ1) is 9.29. The first-order valence-corrected chi connectivity index (χ1v) is 8.02. The molecule has 3 unspecified atom stereocenters. The summed E-state index contributed by atoms with van der Waals surface area (Å²) in [6.07, 6.45) is 4.14. The van der Waals surface area contributed by atoms with Crippen molar-refractivity contribution in [2.24, 2.45) is 17.1 Å². The number of carbonyl (C=O) groups excluding carboxylic acids is 1. The number of nitrogens with two attached hydrogens (primary N) is 1. The van der Waals surface area contributed by atoms with Crippen molar-refractivity contribution in [3.05, 3.63) is 0 Å². The second kappa shape index (κ2) is 6.02. The summed E-state index contributed by atoms with van der Waals surface area (Å²) < 4.78 is 0. The molecule has 2 rings (SSSR count). The number of rotatable bonds is 2. The van der Waals surface area contributed by atoms with Gasteiger partial charge in [0.15, 0.2) is 0 Å². The summed E-state index contributed by atoms with van der Waals surface area (Å²) in [4.78, 5) is 17.0. The van der Waals surface area contributed by atoms with E-state index in [4.69, 9.17) is 5.73 Å². The Morgan fingerprint density at radius 2 is 2.00 bits per heavy atom. The van der Waals surface area contributed by atoms with Crippen molar-refractivity contribution in [3.8, 4) is 0 Å². The second-order valence-corrected chi connectivity index (χ2v) is 7.76. The van der Waals surface area contributed by atoms with Gasteiger partial charge in [-0.15, -0.1) is 0 Å². The molecule has 2 saturated heterocycles. The van der Waals surface area contributed by atoms with Crippen molar-refractivity contribution in [1.82, 2.24) is 9.80 Å². The van der Waals surface area contributed by atoms with E-state index in [0.29, 0.717) is 18.4 Å². The van der Waals surface area contributed by atoms with Gasteiger partial charge in [-0.2, -0.15) is 0 Å². The molecule has 0 saturated carbocycles. The van der Waals surface area contributed by atoms with Crippen LogP contribution in [0, 0.1) is 11.3 Å². The van der Waals surface area contributed by atoms with Crippen LogP contribution in [-0.2, 0) is 4.79 Å². The third-order valence-electron chi connectivity index (χ3n) is 5.21. The lowest BCUT2D eigenvalue weighted by molar-refractivity contribution is -0.135. The number of carbonyl (C=O) groups is 1. The third kappa shape index (κ3) is 3.53. The highest BCUT2D eigenvalue weighted by atomic mass is 16.2. The maximum absolute atomic E-state index is 12.4. The average Bonchev–Trinajstić information content (AvgIpc) is 2.37. The number of nitrogens with zero attached hydrogens (tertiary/aromatic N) is 2. The summed E-state index contributed by atoms with van der Waals surface area (Å²) in [5.74, 6) is 0.913. The molecule has 0 radical (unpaired) electrons. The highest BCUT2D eigenvalue weighted by Crippen LogP contribution is 2.30. The molecule has 1 amide bonds. The number of fused-ring (bicyclic) bond motifs is 1. The van der Waals surface area contributed by atoms with Gasteiger partial charge in [0.25, 0.3) is 0 Å². The van der Waals surface area contributed by atoms with E-state index in [1.54, 1.807) is 0 Å². The van der Waals surface area contributed by atoms with Crippen LogP contribution in [0.2, 0.25) is 0 Å². The van der Waals surface area contributed by atoms with Gasteiger partial charge in [0.05, 0.1) is 0 Å². The minimum absolute atomic E-state index is 0.000954. The van der Waals surface area contributed by atoms with Crippen LogP contribution in [0.25, 0.3) is 0 Å². The molecule has 2 aliphatic rings. The van der Waals surface area contributed by atoms with Crippen molar-refractivity contribution >= 4 is 5.91 Å². The van der Waals surface area contributed by atoms with E-state index in [9.17, 15) is 4.79 Å². The van der Waals surface area contributed by atoms with E-state index in [1.807, 2.05) is 0 Å². The molecule has 116 valence electrons. The van der Waals surface area contributed by atoms with Gasteiger partial charge in [0.1, 0.15) is 0 Å². The van der Waals surface area contributed by atoms with Gasteiger partial charge in [-0.25, -0.2) is 0 Å². The van der Waals surface area contributed by atoms with Crippen molar-refractivity contribution in [1.29, 1.82) is 0 Å². The first-order valence-electron chi connectivity index (χ1n) is 8.02. The van der Waals surface area contributed by atoms with E-state index < -0.39 is 0 Å². The van der Waals surface area contributed by atoms with Gasteiger partial charge in [-0.1, -0.05) is 20.8 Å². The lowest BCUT2D eigenvalue weighted by atomic mass is 9.83. The lowest BCUT2D eigenvalue weighted by Gasteiger charge is -2.46. The zero-order valence-electron chi connectivity index (χ0n) is 13.6. The minimum atomic E-state index is -0.0539. The summed E-state index contributed by atoms with van der Waals surface area (Å²) in [7, 11) is 2.23. The lowest BCUT2D eigenvalue weighted by Crippen LogP contribution is -2.54. The van der Waals surface area contributed by atoms with Gasteiger partial charge < -0.3 is 15.5 Å². The average molecular weight is 281 g/mol. The Bertz CT molecular complexity index is 350. The van der Waals surface area contributed by atoms with Gasteiger partial charge in [0.2, 0.25) is 5.91 Å². The predicted molar refractivity (Wildman–Crippen MR) is 82.4 cm³/mol. The molecule has 2 fully saturated rings. The number of likely N-dealkylation sites (tertiary alicyclic amines) is 2. The molecule has 2 aliphatic heterocycles. The van der Waals surface area contributed by atoms with E-state index in [1.165, 1.54) is 19.4 Å². The molecule has 4 heteroatoms. The Morgan fingerprint density at radius 3 is 2.65 bits per heavy atom. The van der Waals surface area contributed by atoms with Crippen LogP contribution in [0.1, 0.15) is 46.5 Å². The molecule has 20 heavy (non-hydrogen) atoms. The molecule has 2 N–H and O–H groups in total. The molecule has 0 aliphatic carbocycles. The Morgan fingerprint density at radius 1 is 1.30 bits per heavy atom. The molecule has 0 spiro atoms. The summed E-state index contributed by atoms with van der Waals surface area (Å²) in [6, 6.07) is 0.630. The molecule has 0 aromatic rings. The molecular formula is C16H31N3O. The van der Waals surface area contributed by atoms with Crippen LogP contribution in [0.15, 0.2) is 0 Å². The molecule has 0 bridgehead atoms. The fourth-order valence-electron chi connectivity index (χ4n) is 3.50. The highest BCUT2D eigenvalue weighted by Gasteiger charge is 2.36. The van der Waals surface area contributed by atoms with E-state index >= 15 is 0 Å². The van der Waals surface area contributed by atoms with Gasteiger partial charge in [0, 0.05) is 31.6 Å². The van der Waals surface area contributed by atoms with Gasteiger partial charge in [-0.3, -0.25) is 4.79 Å². The zero-order chi connectivity index (χ0) is 14.9. The summed E-state index contributed by atoms with van der Waals surface area (Å²) >= 11 is 0. The molecular weight excluding hydrogens is 250 g/mol. The summed E-state index contributed by atoms with van der Waals surface area (Å²) in [6.45, 7) is 9.36. The van der Waals surface area contributed by atoms with Crippen LogP contribution >= 0.6 is 0 Å². The number of hydrogen-bond acceptors (Lipinski definition) is 3. The van der Waals surface area contributed by atoms with E-state index in [-0.39, 0.29) is 17.4 Å². The monoisotopic (exact) mass is 281 g/mol. The zero-order valence-corrected chi connectivity index (χ0v) is 13.6. The number of hydrogen-bond donors (Lipinski definition) is 1. The number of piperidine rings is 2. The summed E-state index contributed by atoms with van der Waals surface area (Å²) in [5, 5.41) is 0. The third-order valence-corrected chi connectivity index (χ3v) is 5.21. The molecule has 3 atom stereocenters. The standard InChI is InChI=1S/C16H31N3O/c1-16(2,3)14(17)10-15(20)19-9-7-13-12(11-19)6-5-8-18(13)4/h12-14H,5-11,17H2,1-4H3. The SMILES string of the molecule is CN1CCCC2CN(C(=O)CC(N)C(C)(C)C)CCC21. The van der Waals surface area contributed by atoms with Crippen molar-refractivity contribution in [2.75, 3.05) is 26.7 Å². The van der Waals surface area contributed by atoms with Gasteiger partial charge in [-0.05, 0) is 44.2 Å². The van der Waals surface area contributed by atoms with Crippen LogP contribution in [0.4, 0.5) is 0 Å². The fraction of sp³-hybridized carbons (Fsp3) is 0.938. The van der Waals surface area contributed by atoms with Crippen LogP contribution in [-0.4, -0.2) is 54.5 Å². The first kappa shape index (κ1) is 15.8. The van der Waals surface area contributed by atoms with Gasteiger partial charge >= 0.3 is 0 Å². The summed E-state index contributed by atoms with van der Waals surface area (Å²) in [5.41, 5.74) is 6.16. The minimum Gasteiger partial charge on any atom is -0.342 e. The van der Waals surface area contributed by atoms with Crippen molar-refractivity contribution < 1.29 is 4.79 Å². The topological polar surface area (TPSA) is 49.6 Å². The smallest absolute Gasteiger partial charge is 0.224 e. The molecule has 2 heterocycles. The Labute approximate surface area is 123 Å². The maximum atomic E-state index is 12.4. The Hall–Kier alpha value is -0.610. The van der Waals surface area contributed by atoms with E-state index in [2.05, 4.69) is 37.6 Å². The molecule has 0 aromatic heterocycles. The van der Waals surface area contributed by atoms with Crippen molar-refractivity contribution in [3.63, 3.8) is 0 Å². The quantitative estimate of drug-likeness (QED) is 0.838. The Kier molecular flexibility index (Phi) is 4.75. The van der Waals surface area contributed by atoms with Crippen LogP contribution in [0.5, 0.6) is 0 Å².